The van der Waals surface area contributed by atoms with Gasteiger partial charge in [-0.05, 0) is 48.2 Å². The first-order valence-corrected chi connectivity index (χ1v) is 6.77. The van der Waals surface area contributed by atoms with Crippen LogP contribution in [-0.4, -0.2) is 4.90 Å². The molecule has 2 aromatic rings. The molecule has 0 saturated heterocycles. The Labute approximate surface area is 114 Å². The van der Waals surface area contributed by atoms with Crippen molar-refractivity contribution in [2.24, 2.45) is 0 Å². The van der Waals surface area contributed by atoms with E-state index in [1.165, 1.54) is 27.8 Å². The summed E-state index contributed by atoms with van der Waals surface area (Å²) in [5.74, 6) is 0. The first kappa shape index (κ1) is 12.2. The molecule has 0 bridgehead atoms. The van der Waals surface area contributed by atoms with Gasteiger partial charge in [0.1, 0.15) is 0 Å². The SMILES string of the molecule is Cc1ccc(C)c(CN2Cc3ccc(N)cc3C2)c1. The maximum absolute atomic E-state index is 5.85. The zero-order valence-electron chi connectivity index (χ0n) is 11.6. The smallest absolute Gasteiger partial charge is 0.0317 e. The van der Waals surface area contributed by atoms with E-state index in [0.29, 0.717) is 0 Å². The summed E-state index contributed by atoms with van der Waals surface area (Å²) in [4.78, 5) is 2.48. The van der Waals surface area contributed by atoms with Crippen molar-refractivity contribution in [1.82, 2.24) is 4.90 Å². The molecule has 0 spiro atoms. The van der Waals surface area contributed by atoms with Crippen LogP contribution in [0.1, 0.15) is 27.8 Å². The lowest BCUT2D eigenvalue weighted by Crippen LogP contribution is -2.16. The number of nitrogens with two attached hydrogens (primary N) is 1. The van der Waals surface area contributed by atoms with Gasteiger partial charge < -0.3 is 5.73 Å². The average Bonchev–Trinajstić information content (AvgIpc) is 2.75. The van der Waals surface area contributed by atoms with Gasteiger partial charge in [-0.3, -0.25) is 4.90 Å². The highest BCUT2D eigenvalue weighted by Gasteiger charge is 2.19. The Morgan fingerprint density at radius 3 is 2.63 bits per heavy atom. The summed E-state index contributed by atoms with van der Waals surface area (Å²) < 4.78 is 0. The molecule has 3 rings (SSSR count). The van der Waals surface area contributed by atoms with Crippen LogP contribution in [0.25, 0.3) is 0 Å². The van der Waals surface area contributed by atoms with Crippen molar-refractivity contribution in [3.63, 3.8) is 0 Å². The van der Waals surface area contributed by atoms with Gasteiger partial charge >= 0.3 is 0 Å². The Bertz CT molecular complexity index is 617. The second-order valence-electron chi connectivity index (χ2n) is 5.60. The molecule has 0 saturated carbocycles. The van der Waals surface area contributed by atoms with Crippen LogP contribution in [0.3, 0.4) is 0 Å². The van der Waals surface area contributed by atoms with Crippen LogP contribution in [0.4, 0.5) is 5.69 Å². The van der Waals surface area contributed by atoms with Crippen molar-refractivity contribution >= 4 is 5.69 Å². The van der Waals surface area contributed by atoms with Crippen molar-refractivity contribution in [3.05, 3.63) is 64.2 Å². The van der Waals surface area contributed by atoms with Crippen LogP contribution >= 0.6 is 0 Å². The van der Waals surface area contributed by atoms with Crippen LogP contribution in [0.2, 0.25) is 0 Å². The van der Waals surface area contributed by atoms with E-state index in [2.05, 4.69) is 49.1 Å². The lowest BCUT2D eigenvalue weighted by atomic mass is 10.1. The van der Waals surface area contributed by atoms with Gasteiger partial charge in [-0.2, -0.15) is 0 Å². The molecule has 1 heterocycles. The maximum Gasteiger partial charge on any atom is 0.0317 e. The fraction of sp³-hybridized carbons (Fsp3) is 0.294. The average molecular weight is 252 g/mol. The van der Waals surface area contributed by atoms with E-state index >= 15 is 0 Å². The molecule has 0 aliphatic carbocycles. The second-order valence-corrected chi connectivity index (χ2v) is 5.60. The summed E-state index contributed by atoms with van der Waals surface area (Å²) in [6, 6.07) is 13.0. The predicted molar refractivity (Wildman–Crippen MR) is 79.7 cm³/mol. The lowest BCUT2D eigenvalue weighted by Gasteiger charge is -2.17. The number of hydrogen-bond donors (Lipinski definition) is 1. The third-order valence-electron chi connectivity index (χ3n) is 3.92. The van der Waals surface area contributed by atoms with Gasteiger partial charge in [0.2, 0.25) is 0 Å². The molecule has 0 fully saturated rings. The number of hydrogen-bond acceptors (Lipinski definition) is 2. The topological polar surface area (TPSA) is 29.3 Å². The Morgan fingerprint density at radius 1 is 1.00 bits per heavy atom. The van der Waals surface area contributed by atoms with E-state index in [0.717, 1.165) is 25.3 Å². The fourth-order valence-electron chi connectivity index (χ4n) is 2.81. The monoisotopic (exact) mass is 252 g/mol. The van der Waals surface area contributed by atoms with Crippen molar-refractivity contribution in [3.8, 4) is 0 Å². The molecule has 19 heavy (non-hydrogen) atoms. The number of nitrogen functional groups attached to an aromatic ring is 1. The van der Waals surface area contributed by atoms with Crippen molar-refractivity contribution in [2.45, 2.75) is 33.5 Å². The van der Waals surface area contributed by atoms with E-state index in [1.54, 1.807) is 0 Å². The van der Waals surface area contributed by atoms with Crippen LogP contribution in [-0.2, 0) is 19.6 Å². The Balaban J connectivity index is 1.78. The van der Waals surface area contributed by atoms with Crippen LogP contribution in [0, 0.1) is 13.8 Å². The van der Waals surface area contributed by atoms with Gasteiger partial charge in [-0.25, -0.2) is 0 Å². The molecule has 2 nitrogen and oxygen atoms in total. The summed E-state index contributed by atoms with van der Waals surface area (Å²) in [5.41, 5.74) is 13.7. The Kier molecular flexibility index (Phi) is 3.03. The van der Waals surface area contributed by atoms with E-state index in [-0.39, 0.29) is 0 Å². The first-order valence-electron chi connectivity index (χ1n) is 6.77. The highest BCUT2D eigenvalue weighted by atomic mass is 15.1. The zero-order chi connectivity index (χ0) is 13.4. The van der Waals surface area contributed by atoms with Gasteiger partial charge in [0.05, 0.1) is 0 Å². The molecule has 0 unspecified atom stereocenters. The first-order chi connectivity index (χ1) is 9.11. The largest absolute Gasteiger partial charge is 0.399 e. The number of benzene rings is 2. The summed E-state index contributed by atoms with van der Waals surface area (Å²) >= 11 is 0. The fourth-order valence-corrected chi connectivity index (χ4v) is 2.81. The predicted octanol–water partition coefficient (Wildman–Crippen LogP) is 3.40. The number of rotatable bonds is 2. The number of nitrogens with zero attached hydrogens (tertiary/aromatic N) is 1. The van der Waals surface area contributed by atoms with Crippen molar-refractivity contribution in [2.75, 3.05) is 5.73 Å². The summed E-state index contributed by atoms with van der Waals surface area (Å²) in [7, 11) is 0. The minimum absolute atomic E-state index is 0.868. The van der Waals surface area contributed by atoms with Gasteiger partial charge in [0, 0.05) is 25.3 Å². The van der Waals surface area contributed by atoms with Crippen molar-refractivity contribution < 1.29 is 0 Å². The lowest BCUT2D eigenvalue weighted by molar-refractivity contribution is 0.275. The molecule has 2 N–H and O–H groups in total. The quantitative estimate of drug-likeness (QED) is 0.830. The molecule has 98 valence electrons. The van der Waals surface area contributed by atoms with Gasteiger partial charge in [0.15, 0.2) is 0 Å². The van der Waals surface area contributed by atoms with Gasteiger partial charge in [-0.15, -0.1) is 0 Å². The van der Waals surface area contributed by atoms with E-state index in [4.69, 9.17) is 5.73 Å². The van der Waals surface area contributed by atoms with E-state index in [9.17, 15) is 0 Å². The Hall–Kier alpha value is -1.80. The zero-order valence-corrected chi connectivity index (χ0v) is 11.6. The number of anilines is 1. The van der Waals surface area contributed by atoms with E-state index in [1.807, 2.05) is 6.07 Å². The number of fused-ring (bicyclic) bond motifs is 1. The molecule has 1 aliphatic rings. The molecule has 1 aliphatic heterocycles. The van der Waals surface area contributed by atoms with Crippen LogP contribution in [0.5, 0.6) is 0 Å². The summed E-state index contributed by atoms with van der Waals surface area (Å²) in [6.07, 6.45) is 0. The minimum atomic E-state index is 0.868. The molecular formula is C17H20N2. The molecule has 0 radical (unpaired) electrons. The summed E-state index contributed by atoms with van der Waals surface area (Å²) in [5, 5.41) is 0. The third kappa shape index (κ3) is 2.49. The normalized spacial score (nSPS) is 14.6. The molecule has 2 aromatic carbocycles. The maximum atomic E-state index is 5.85. The summed E-state index contributed by atoms with van der Waals surface area (Å²) in [6.45, 7) is 7.40. The highest BCUT2D eigenvalue weighted by molar-refractivity contribution is 5.46. The molecule has 0 atom stereocenters. The molecular weight excluding hydrogens is 232 g/mol. The highest BCUT2D eigenvalue weighted by Crippen LogP contribution is 2.26. The Morgan fingerprint density at radius 2 is 1.79 bits per heavy atom. The molecule has 2 heteroatoms. The van der Waals surface area contributed by atoms with Crippen molar-refractivity contribution in [1.29, 1.82) is 0 Å². The van der Waals surface area contributed by atoms with E-state index < -0.39 is 0 Å². The van der Waals surface area contributed by atoms with Crippen LogP contribution < -0.4 is 5.73 Å². The third-order valence-corrected chi connectivity index (χ3v) is 3.92. The number of aryl methyl sites for hydroxylation is 2. The molecule has 0 aromatic heterocycles. The molecule has 0 amide bonds. The van der Waals surface area contributed by atoms with Crippen LogP contribution in [0.15, 0.2) is 36.4 Å². The standard InChI is InChI=1S/C17H20N2/c1-12-3-4-13(2)15(7-12)10-19-9-14-5-6-17(18)8-16(14)11-19/h3-8H,9-11,18H2,1-2H3. The van der Waals surface area contributed by atoms with Gasteiger partial charge in [0.25, 0.3) is 0 Å². The van der Waals surface area contributed by atoms with Gasteiger partial charge in [-0.1, -0.05) is 29.8 Å². The minimum Gasteiger partial charge on any atom is -0.399 e. The second kappa shape index (κ2) is 4.71.